The number of benzene rings is 1. The normalized spacial score (nSPS) is 20.9. The van der Waals surface area contributed by atoms with E-state index < -0.39 is 29.5 Å². The van der Waals surface area contributed by atoms with Gasteiger partial charge in [-0.25, -0.2) is 9.48 Å². The summed E-state index contributed by atoms with van der Waals surface area (Å²) in [5.41, 5.74) is 1.11. The Hall–Kier alpha value is -2.21. The number of ether oxygens (including phenoxy) is 2. The predicted octanol–water partition coefficient (Wildman–Crippen LogP) is 5.49. The van der Waals surface area contributed by atoms with Crippen molar-refractivity contribution in [1.29, 1.82) is 0 Å². The molecule has 2 fully saturated rings. The van der Waals surface area contributed by atoms with E-state index in [0.717, 1.165) is 40.2 Å². The van der Waals surface area contributed by atoms with Crippen molar-refractivity contribution in [3.05, 3.63) is 27.3 Å². The van der Waals surface area contributed by atoms with Gasteiger partial charge in [0, 0.05) is 47.0 Å². The fourth-order valence-electron chi connectivity index (χ4n) is 5.26. The van der Waals surface area contributed by atoms with Crippen molar-refractivity contribution in [3.8, 4) is 0 Å². The lowest BCUT2D eigenvalue weighted by atomic mass is 10.00. The Morgan fingerprint density at radius 3 is 2.73 bits per heavy atom. The lowest BCUT2D eigenvalue weighted by Gasteiger charge is -2.35. The number of rotatable bonds is 9. The van der Waals surface area contributed by atoms with Gasteiger partial charge < -0.3 is 19.5 Å². The third-order valence-corrected chi connectivity index (χ3v) is 8.45. The van der Waals surface area contributed by atoms with Gasteiger partial charge in [-0.3, -0.25) is 14.9 Å². The highest BCUT2D eigenvalue weighted by atomic mass is 79.9. The van der Waals surface area contributed by atoms with E-state index in [9.17, 15) is 19.5 Å². The summed E-state index contributed by atoms with van der Waals surface area (Å²) in [7, 11) is 0. The fourth-order valence-corrected chi connectivity index (χ4v) is 6.39. The quantitative estimate of drug-likeness (QED) is 0.345. The Morgan fingerprint density at radius 2 is 2.05 bits per heavy atom. The first kappa shape index (κ1) is 30.7. The number of piperidine rings is 1. The molecule has 3 atom stereocenters. The summed E-state index contributed by atoms with van der Waals surface area (Å²) in [5, 5.41) is 18.8. The van der Waals surface area contributed by atoms with E-state index in [-0.39, 0.29) is 25.2 Å². The first-order chi connectivity index (χ1) is 18.9. The second kappa shape index (κ2) is 13.2. The number of ketones is 1. The van der Waals surface area contributed by atoms with Crippen molar-refractivity contribution in [3.63, 3.8) is 0 Å². The van der Waals surface area contributed by atoms with Crippen molar-refractivity contribution in [1.82, 2.24) is 20.0 Å². The highest BCUT2D eigenvalue weighted by Crippen LogP contribution is 2.36. The van der Waals surface area contributed by atoms with E-state index in [2.05, 4.69) is 26.3 Å². The van der Waals surface area contributed by atoms with Crippen molar-refractivity contribution >= 4 is 56.3 Å². The van der Waals surface area contributed by atoms with Crippen LogP contribution in [0.4, 0.5) is 4.79 Å². The topological polar surface area (TPSA) is 123 Å². The summed E-state index contributed by atoms with van der Waals surface area (Å²) in [6, 6.07) is 0.214. The molecule has 2 saturated heterocycles. The van der Waals surface area contributed by atoms with Crippen LogP contribution in [-0.4, -0.2) is 75.0 Å². The molecule has 4 rings (SSSR count). The Bertz CT molecular complexity index is 1240. The van der Waals surface area contributed by atoms with E-state index in [1.165, 1.54) is 0 Å². The van der Waals surface area contributed by atoms with Crippen molar-refractivity contribution in [2.75, 3.05) is 19.7 Å². The number of halogens is 2. The summed E-state index contributed by atoms with van der Waals surface area (Å²) < 4.78 is 14.0. The van der Waals surface area contributed by atoms with Crippen LogP contribution in [0.5, 0.6) is 0 Å². The van der Waals surface area contributed by atoms with Crippen LogP contribution in [0.1, 0.15) is 77.5 Å². The number of hydrogen-bond donors (Lipinski definition) is 2. The molecule has 0 radical (unpaired) electrons. The van der Waals surface area contributed by atoms with Gasteiger partial charge in [0.2, 0.25) is 0 Å². The number of fused-ring (bicyclic) bond motifs is 1. The minimum Gasteiger partial charge on any atom is -0.480 e. The number of carbonyl (C=O) groups is 3. The van der Waals surface area contributed by atoms with Gasteiger partial charge in [-0.1, -0.05) is 11.6 Å². The van der Waals surface area contributed by atoms with Gasteiger partial charge in [0.25, 0.3) is 0 Å². The van der Waals surface area contributed by atoms with Crippen LogP contribution >= 0.6 is 27.5 Å². The zero-order valence-electron chi connectivity index (χ0n) is 23.3. The van der Waals surface area contributed by atoms with Gasteiger partial charge in [0.05, 0.1) is 11.7 Å². The molecule has 220 valence electrons. The summed E-state index contributed by atoms with van der Waals surface area (Å²) in [5.74, 6) is -1.63. The number of carboxylic acid groups (broad SMARTS) is 1. The van der Waals surface area contributed by atoms with Gasteiger partial charge in [-0.15, -0.1) is 0 Å². The molecule has 2 N–H and O–H groups in total. The summed E-state index contributed by atoms with van der Waals surface area (Å²) >= 11 is 10.3. The number of nitrogens with zero attached hydrogens (tertiary/aromatic N) is 3. The summed E-state index contributed by atoms with van der Waals surface area (Å²) in [4.78, 5) is 39.0. The molecule has 12 heteroatoms. The maximum Gasteiger partial charge on any atom is 0.410 e. The SMILES string of the molecule is CC(C)(C)OC(=O)N1CCCC(NC(C(=O)O)C(=O)CCCc2c(Cl)cc3c(cnn3C3CCCCO3)c2Br)C1. The molecule has 1 amide bonds. The number of aromatic nitrogens is 2. The summed E-state index contributed by atoms with van der Waals surface area (Å²) in [6.07, 6.45) is 6.63. The monoisotopic (exact) mass is 640 g/mol. The lowest BCUT2D eigenvalue weighted by molar-refractivity contribution is -0.143. The van der Waals surface area contributed by atoms with Crippen molar-refractivity contribution in [2.24, 2.45) is 0 Å². The van der Waals surface area contributed by atoms with Crippen LogP contribution in [0.2, 0.25) is 5.02 Å². The number of carbonyl (C=O) groups excluding carboxylic acids is 2. The molecule has 0 bridgehead atoms. The average molecular weight is 642 g/mol. The maximum absolute atomic E-state index is 13.0. The Labute approximate surface area is 247 Å². The predicted molar refractivity (Wildman–Crippen MR) is 155 cm³/mol. The van der Waals surface area contributed by atoms with Crippen LogP contribution in [0, 0.1) is 0 Å². The number of nitrogens with one attached hydrogen (secondary N) is 1. The van der Waals surface area contributed by atoms with Crippen LogP contribution in [0.3, 0.4) is 0 Å². The number of carboxylic acids is 1. The largest absolute Gasteiger partial charge is 0.480 e. The molecule has 0 spiro atoms. The van der Waals surface area contributed by atoms with Gasteiger partial charge >= 0.3 is 12.1 Å². The second-order valence-electron chi connectivity index (χ2n) is 11.5. The van der Waals surface area contributed by atoms with E-state index in [1.807, 2.05) is 10.7 Å². The Balaban J connectivity index is 1.36. The molecule has 2 aromatic rings. The zero-order chi connectivity index (χ0) is 29.0. The molecule has 3 heterocycles. The minimum absolute atomic E-state index is 0.0719. The fraction of sp³-hybridized carbons (Fsp3) is 0.643. The van der Waals surface area contributed by atoms with Gasteiger partial charge in [-0.05, 0) is 93.3 Å². The van der Waals surface area contributed by atoms with Gasteiger partial charge in [-0.2, -0.15) is 5.10 Å². The highest BCUT2D eigenvalue weighted by molar-refractivity contribution is 9.10. The van der Waals surface area contributed by atoms with Gasteiger partial charge in [0.1, 0.15) is 5.60 Å². The number of hydrogen-bond acceptors (Lipinski definition) is 7. The van der Waals surface area contributed by atoms with E-state index in [4.69, 9.17) is 21.1 Å². The third kappa shape index (κ3) is 7.54. The van der Waals surface area contributed by atoms with Gasteiger partial charge in [0.15, 0.2) is 18.1 Å². The number of likely N-dealkylation sites (tertiary alicyclic amines) is 1. The third-order valence-electron chi connectivity index (χ3n) is 7.21. The molecule has 3 unspecified atom stereocenters. The average Bonchev–Trinajstić information content (AvgIpc) is 3.32. The Morgan fingerprint density at radius 1 is 1.27 bits per heavy atom. The molecular formula is C28H38BrClN4O6. The highest BCUT2D eigenvalue weighted by Gasteiger charge is 2.33. The standard InChI is InChI=1S/C28H38BrClN4O6/c1-28(2,3)40-27(38)33-12-7-8-17(16-33)32-25(26(36)37)22(35)10-6-9-18-20(30)14-21-19(24(18)29)15-31-34(21)23-11-4-5-13-39-23/h14-15,17,23,25,32H,4-13,16H2,1-3H3,(H,36,37). The first-order valence-electron chi connectivity index (χ1n) is 13.9. The number of amides is 1. The first-order valence-corrected chi connectivity index (χ1v) is 15.1. The van der Waals surface area contributed by atoms with Crippen LogP contribution < -0.4 is 5.32 Å². The number of Topliss-reactive ketones (excluding diaryl/α,β-unsaturated/α-hetero) is 1. The van der Waals surface area contributed by atoms with Crippen molar-refractivity contribution < 1.29 is 29.0 Å². The summed E-state index contributed by atoms with van der Waals surface area (Å²) in [6.45, 7) is 6.92. The van der Waals surface area contributed by atoms with Crippen LogP contribution in [0.15, 0.2) is 16.7 Å². The maximum atomic E-state index is 13.0. The minimum atomic E-state index is -1.35. The van der Waals surface area contributed by atoms with E-state index >= 15 is 0 Å². The molecule has 1 aromatic carbocycles. The van der Waals surface area contributed by atoms with Crippen LogP contribution in [-0.2, 0) is 25.5 Å². The molecule has 1 aromatic heterocycles. The lowest BCUT2D eigenvalue weighted by Crippen LogP contribution is -2.55. The van der Waals surface area contributed by atoms with E-state index in [1.54, 1.807) is 31.9 Å². The van der Waals surface area contributed by atoms with E-state index in [0.29, 0.717) is 43.9 Å². The zero-order valence-corrected chi connectivity index (χ0v) is 25.6. The molecule has 0 aliphatic carbocycles. The second-order valence-corrected chi connectivity index (χ2v) is 12.7. The smallest absolute Gasteiger partial charge is 0.410 e. The Kier molecular flexibility index (Phi) is 10.1. The molecule has 10 nitrogen and oxygen atoms in total. The molecule has 40 heavy (non-hydrogen) atoms. The van der Waals surface area contributed by atoms with Crippen molar-refractivity contribution in [2.45, 2.75) is 96.1 Å². The number of aliphatic carboxylic acids is 1. The van der Waals surface area contributed by atoms with Crippen LogP contribution in [0.25, 0.3) is 10.9 Å². The molecule has 2 aliphatic heterocycles. The molecule has 2 aliphatic rings. The molecular weight excluding hydrogens is 604 g/mol. The molecule has 0 saturated carbocycles.